The van der Waals surface area contributed by atoms with Gasteiger partial charge in [-0.2, -0.15) is 0 Å². The van der Waals surface area contributed by atoms with E-state index in [0.717, 1.165) is 31.2 Å². The summed E-state index contributed by atoms with van der Waals surface area (Å²) in [5, 5.41) is 6.95. The molecule has 0 bridgehead atoms. The lowest BCUT2D eigenvalue weighted by Gasteiger charge is -2.29. The van der Waals surface area contributed by atoms with Crippen molar-refractivity contribution in [2.75, 3.05) is 11.9 Å². The number of hydrogen-bond acceptors (Lipinski definition) is 4. The van der Waals surface area contributed by atoms with Gasteiger partial charge in [0.05, 0.1) is 5.69 Å². The molecule has 1 saturated carbocycles. The number of hydrogen-bond donors (Lipinski definition) is 2. The van der Waals surface area contributed by atoms with Gasteiger partial charge in [-0.3, -0.25) is 0 Å². The van der Waals surface area contributed by atoms with Crippen LogP contribution in [0.3, 0.4) is 0 Å². The average Bonchev–Trinajstić information content (AvgIpc) is 2.23. The van der Waals surface area contributed by atoms with Crippen molar-refractivity contribution in [2.24, 2.45) is 0 Å². The zero-order chi connectivity index (χ0) is 11.0. The second-order valence-electron chi connectivity index (χ2n) is 4.74. The maximum atomic E-state index is 4.55. The zero-order valence-corrected chi connectivity index (χ0v) is 9.71. The molecule has 1 fully saturated rings. The smallest absolute Gasteiger partial charge is 0.134 e. The highest BCUT2D eigenvalue weighted by Gasteiger charge is 2.22. The zero-order valence-electron chi connectivity index (χ0n) is 9.71. The third kappa shape index (κ3) is 1.78. The van der Waals surface area contributed by atoms with Gasteiger partial charge in [-0.1, -0.05) is 0 Å². The largest absolute Gasteiger partial charge is 0.367 e. The third-order valence-electron chi connectivity index (χ3n) is 3.49. The average molecular weight is 218 g/mol. The molecule has 0 saturated heterocycles. The lowest BCUT2D eigenvalue weighted by molar-refractivity contribution is 0.443. The molecule has 0 radical (unpaired) electrons. The van der Waals surface area contributed by atoms with Gasteiger partial charge in [0.25, 0.3) is 0 Å². The molecule has 4 heteroatoms. The number of nitrogens with zero attached hydrogens (tertiary/aromatic N) is 2. The molecule has 0 amide bonds. The maximum Gasteiger partial charge on any atom is 0.134 e. The Hall–Kier alpha value is -1.16. The summed E-state index contributed by atoms with van der Waals surface area (Å²) >= 11 is 0. The number of rotatable bonds is 2. The molecule has 1 aliphatic heterocycles. The highest BCUT2D eigenvalue weighted by Crippen LogP contribution is 2.26. The molecule has 86 valence electrons. The van der Waals surface area contributed by atoms with E-state index in [4.69, 9.17) is 0 Å². The molecule has 3 rings (SSSR count). The van der Waals surface area contributed by atoms with Crippen molar-refractivity contribution >= 4 is 5.82 Å². The Bertz CT molecular complexity index is 398. The molecule has 0 atom stereocenters. The van der Waals surface area contributed by atoms with Crippen LogP contribution in [0.4, 0.5) is 5.82 Å². The van der Waals surface area contributed by atoms with Crippen LogP contribution in [-0.4, -0.2) is 22.6 Å². The molecule has 0 aromatic carbocycles. The first-order valence-corrected chi connectivity index (χ1v) is 6.16. The minimum Gasteiger partial charge on any atom is -0.367 e. The van der Waals surface area contributed by atoms with Crippen molar-refractivity contribution in [2.45, 2.75) is 45.2 Å². The highest BCUT2D eigenvalue weighted by atomic mass is 15.1. The molecule has 2 aliphatic rings. The monoisotopic (exact) mass is 218 g/mol. The van der Waals surface area contributed by atoms with Crippen molar-refractivity contribution in [3.05, 3.63) is 17.1 Å². The van der Waals surface area contributed by atoms with Gasteiger partial charge in [-0.15, -0.1) is 0 Å². The molecule has 0 unspecified atom stereocenters. The van der Waals surface area contributed by atoms with Crippen molar-refractivity contribution in [3.63, 3.8) is 0 Å². The van der Waals surface area contributed by atoms with Crippen molar-refractivity contribution in [1.29, 1.82) is 0 Å². The van der Waals surface area contributed by atoms with Crippen molar-refractivity contribution in [1.82, 2.24) is 15.3 Å². The Labute approximate surface area is 95.9 Å². The summed E-state index contributed by atoms with van der Waals surface area (Å²) in [7, 11) is 0. The van der Waals surface area contributed by atoms with E-state index < -0.39 is 0 Å². The third-order valence-corrected chi connectivity index (χ3v) is 3.49. The Kier molecular flexibility index (Phi) is 2.52. The number of aromatic nitrogens is 2. The summed E-state index contributed by atoms with van der Waals surface area (Å²) in [4.78, 5) is 9.08. The standard InChI is InChI=1S/C12H18N4/c1-8-14-11-5-6-13-7-10(11)12(15-8)16-9-3-2-4-9/h9,13H,2-7H2,1H3,(H,14,15,16). The van der Waals surface area contributed by atoms with Gasteiger partial charge in [-0.05, 0) is 26.2 Å². The van der Waals surface area contributed by atoms with Gasteiger partial charge in [0.1, 0.15) is 11.6 Å². The van der Waals surface area contributed by atoms with Crippen LogP contribution in [-0.2, 0) is 13.0 Å². The minimum absolute atomic E-state index is 0.639. The molecule has 0 spiro atoms. The van der Waals surface area contributed by atoms with E-state index in [1.807, 2.05) is 6.92 Å². The van der Waals surface area contributed by atoms with Crippen LogP contribution in [0.2, 0.25) is 0 Å². The van der Waals surface area contributed by atoms with Crippen LogP contribution < -0.4 is 10.6 Å². The molecule has 16 heavy (non-hydrogen) atoms. The van der Waals surface area contributed by atoms with Crippen LogP contribution in [0.15, 0.2) is 0 Å². The predicted octanol–water partition coefficient (Wildman–Crippen LogP) is 1.40. The van der Waals surface area contributed by atoms with E-state index in [9.17, 15) is 0 Å². The molecular formula is C12H18N4. The predicted molar refractivity (Wildman–Crippen MR) is 63.4 cm³/mol. The fourth-order valence-electron chi connectivity index (χ4n) is 2.33. The second kappa shape index (κ2) is 4.01. The number of aryl methyl sites for hydroxylation is 1. The minimum atomic E-state index is 0.639. The van der Waals surface area contributed by atoms with Crippen molar-refractivity contribution in [3.8, 4) is 0 Å². The summed E-state index contributed by atoms with van der Waals surface area (Å²) in [6.07, 6.45) is 4.94. The molecular weight excluding hydrogens is 200 g/mol. The first kappa shape index (κ1) is 10.0. The number of fused-ring (bicyclic) bond motifs is 1. The van der Waals surface area contributed by atoms with Crippen LogP contribution >= 0.6 is 0 Å². The fraction of sp³-hybridized carbons (Fsp3) is 0.667. The highest BCUT2D eigenvalue weighted by molar-refractivity contribution is 5.48. The van der Waals surface area contributed by atoms with E-state index in [1.165, 1.54) is 30.5 Å². The van der Waals surface area contributed by atoms with E-state index in [1.54, 1.807) is 0 Å². The SMILES string of the molecule is Cc1nc2c(c(NC3CCC3)n1)CNCC2. The van der Waals surface area contributed by atoms with E-state index in [-0.39, 0.29) is 0 Å². The summed E-state index contributed by atoms with van der Waals surface area (Å²) < 4.78 is 0. The number of nitrogens with one attached hydrogen (secondary N) is 2. The van der Waals surface area contributed by atoms with Crippen LogP contribution in [0.5, 0.6) is 0 Å². The quantitative estimate of drug-likeness (QED) is 0.787. The molecule has 4 nitrogen and oxygen atoms in total. The van der Waals surface area contributed by atoms with Gasteiger partial charge in [-0.25, -0.2) is 9.97 Å². The Morgan fingerprint density at radius 2 is 2.19 bits per heavy atom. The first-order valence-electron chi connectivity index (χ1n) is 6.16. The summed E-state index contributed by atoms with van der Waals surface area (Å²) in [5.41, 5.74) is 2.51. The summed E-state index contributed by atoms with van der Waals surface area (Å²) in [6.45, 7) is 3.92. The van der Waals surface area contributed by atoms with E-state index in [2.05, 4.69) is 20.6 Å². The van der Waals surface area contributed by atoms with Gasteiger partial charge < -0.3 is 10.6 Å². The number of anilines is 1. The Morgan fingerprint density at radius 1 is 1.31 bits per heavy atom. The molecule has 1 aromatic heterocycles. The van der Waals surface area contributed by atoms with E-state index >= 15 is 0 Å². The summed E-state index contributed by atoms with van der Waals surface area (Å²) in [6, 6.07) is 0.639. The van der Waals surface area contributed by atoms with Gasteiger partial charge >= 0.3 is 0 Å². The van der Waals surface area contributed by atoms with Gasteiger partial charge in [0.15, 0.2) is 0 Å². The molecule has 2 N–H and O–H groups in total. The second-order valence-corrected chi connectivity index (χ2v) is 4.74. The van der Waals surface area contributed by atoms with Crippen LogP contribution in [0.1, 0.15) is 36.3 Å². The summed E-state index contributed by atoms with van der Waals surface area (Å²) in [5.74, 6) is 1.96. The fourth-order valence-corrected chi connectivity index (χ4v) is 2.33. The Balaban J connectivity index is 1.91. The van der Waals surface area contributed by atoms with Crippen LogP contribution in [0.25, 0.3) is 0 Å². The molecule has 2 heterocycles. The normalized spacial score (nSPS) is 20.1. The van der Waals surface area contributed by atoms with Gasteiger partial charge in [0, 0.05) is 31.1 Å². The lowest BCUT2D eigenvalue weighted by Crippen LogP contribution is -2.31. The molecule has 1 aromatic rings. The van der Waals surface area contributed by atoms with Gasteiger partial charge in [0.2, 0.25) is 0 Å². The van der Waals surface area contributed by atoms with Crippen LogP contribution in [0, 0.1) is 6.92 Å². The topological polar surface area (TPSA) is 49.8 Å². The lowest BCUT2D eigenvalue weighted by atomic mass is 9.93. The Morgan fingerprint density at radius 3 is 2.94 bits per heavy atom. The molecule has 1 aliphatic carbocycles. The maximum absolute atomic E-state index is 4.55. The van der Waals surface area contributed by atoms with Crippen molar-refractivity contribution < 1.29 is 0 Å². The van der Waals surface area contributed by atoms with E-state index in [0.29, 0.717) is 6.04 Å². The first-order chi connectivity index (χ1) is 7.83.